The van der Waals surface area contributed by atoms with Gasteiger partial charge >= 0.3 is 5.97 Å². The van der Waals surface area contributed by atoms with Crippen molar-refractivity contribution in [1.29, 1.82) is 0 Å². The first-order valence-electron chi connectivity index (χ1n) is 9.78. The van der Waals surface area contributed by atoms with Crippen molar-refractivity contribution in [3.8, 4) is 11.8 Å². The van der Waals surface area contributed by atoms with Gasteiger partial charge in [0, 0.05) is 23.9 Å². The molecule has 0 radical (unpaired) electrons. The summed E-state index contributed by atoms with van der Waals surface area (Å²) in [7, 11) is -4.09. The molecule has 0 saturated heterocycles. The van der Waals surface area contributed by atoms with E-state index in [0.717, 1.165) is 22.6 Å². The molecule has 2 heterocycles. The maximum Gasteiger partial charge on any atom is 0.322 e. The summed E-state index contributed by atoms with van der Waals surface area (Å²) in [5.74, 6) is 4.01. The lowest BCUT2D eigenvalue weighted by Gasteiger charge is -2.14. The van der Waals surface area contributed by atoms with Crippen LogP contribution in [0.15, 0.2) is 65.5 Å². The van der Waals surface area contributed by atoms with E-state index < -0.39 is 22.0 Å². The van der Waals surface area contributed by atoms with E-state index >= 15 is 0 Å². The van der Waals surface area contributed by atoms with Crippen LogP contribution in [-0.4, -0.2) is 30.5 Å². The Bertz CT molecular complexity index is 1360. The lowest BCUT2D eigenvalue weighted by Crippen LogP contribution is -2.42. The molecule has 3 aromatic rings. The van der Waals surface area contributed by atoms with Gasteiger partial charge in [-0.25, -0.2) is 12.8 Å². The molecule has 2 aromatic heterocycles. The highest BCUT2D eigenvalue weighted by Gasteiger charge is 2.27. The van der Waals surface area contributed by atoms with Gasteiger partial charge in [-0.1, -0.05) is 36.6 Å². The van der Waals surface area contributed by atoms with Crippen molar-refractivity contribution in [2.45, 2.75) is 23.6 Å². The molecule has 3 N–H and O–H groups in total. The number of H-pyrrole nitrogens is 1. The Morgan fingerprint density at radius 3 is 2.67 bits per heavy atom. The van der Waals surface area contributed by atoms with Gasteiger partial charge in [-0.15, -0.1) is 11.3 Å². The van der Waals surface area contributed by atoms with E-state index in [4.69, 9.17) is 0 Å². The minimum absolute atomic E-state index is 0.0433. The fraction of sp³-hybridized carbons (Fsp3) is 0.125. The first kappa shape index (κ1) is 24.2. The number of carboxylic acids is 1. The Balaban J connectivity index is 1.78. The fourth-order valence-corrected chi connectivity index (χ4v) is 5.37. The molecule has 0 aliphatic carbocycles. The number of nitrogens with one attached hydrogen (secondary N) is 2. The number of aliphatic carboxylic acids is 1. The van der Waals surface area contributed by atoms with Gasteiger partial charge in [-0.3, -0.25) is 4.79 Å². The number of carboxylic acid groups (broad SMARTS) is 1. The van der Waals surface area contributed by atoms with Gasteiger partial charge in [0.25, 0.3) is 10.0 Å². The highest BCUT2D eigenvalue weighted by Crippen LogP contribution is 2.23. The number of aryl methyl sites for hydroxylation is 1. The summed E-state index contributed by atoms with van der Waals surface area (Å²) >= 11 is 0.921. The summed E-state index contributed by atoms with van der Waals surface area (Å²) < 4.78 is 40.9. The lowest BCUT2D eigenvalue weighted by molar-refractivity contribution is -0.138. The highest BCUT2D eigenvalue weighted by atomic mass is 32.2. The van der Waals surface area contributed by atoms with Crippen LogP contribution in [0.4, 0.5) is 4.39 Å². The van der Waals surface area contributed by atoms with Crippen LogP contribution < -0.4 is 4.72 Å². The number of hydrogen-bond acceptors (Lipinski definition) is 4. The van der Waals surface area contributed by atoms with Gasteiger partial charge in [-0.05, 0) is 54.4 Å². The highest BCUT2D eigenvalue weighted by molar-refractivity contribution is 7.91. The third kappa shape index (κ3) is 6.29. The van der Waals surface area contributed by atoms with Gasteiger partial charge in [0.1, 0.15) is 16.1 Å². The standard InChI is InChI=1S/C24H21FN2O4S2/c1-3-4-5-21-16(2)26-15-18(21)14-22(24(28)29)27-33(30,31)23-13-12-20(32-23)11-8-17-6-9-19(25)10-7-17/h3-7,9-10,12-13,15,22,26-27H,1,14H2,2H3,(H,28,29)/b5-4-. The number of sulfonamides is 1. The molecule has 170 valence electrons. The average Bonchev–Trinajstić information content (AvgIpc) is 3.39. The minimum Gasteiger partial charge on any atom is -0.480 e. The van der Waals surface area contributed by atoms with Crippen molar-refractivity contribution in [1.82, 2.24) is 9.71 Å². The molecule has 1 atom stereocenters. The summed E-state index contributed by atoms with van der Waals surface area (Å²) in [6.07, 6.45) is 6.72. The quantitative estimate of drug-likeness (QED) is 0.331. The number of carbonyl (C=O) groups is 1. The van der Waals surface area contributed by atoms with Crippen LogP contribution in [0.1, 0.15) is 27.3 Å². The number of aromatic amines is 1. The van der Waals surface area contributed by atoms with Crippen LogP contribution in [0.25, 0.3) is 6.08 Å². The van der Waals surface area contributed by atoms with E-state index in [-0.39, 0.29) is 16.4 Å². The van der Waals surface area contributed by atoms with Gasteiger partial charge in [0.2, 0.25) is 0 Å². The van der Waals surface area contributed by atoms with Crippen molar-refractivity contribution in [2.75, 3.05) is 0 Å². The van der Waals surface area contributed by atoms with Crippen molar-refractivity contribution in [3.05, 3.63) is 94.4 Å². The second-order valence-corrected chi connectivity index (χ2v) is 10.1. The molecular formula is C24H21FN2O4S2. The zero-order valence-electron chi connectivity index (χ0n) is 17.6. The molecule has 9 heteroatoms. The molecule has 0 aliphatic heterocycles. The summed E-state index contributed by atoms with van der Waals surface area (Å²) in [5, 5.41) is 9.64. The number of hydrogen-bond donors (Lipinski definition) is 3. The smallest absolute Gasteiger partial charge is 0.322 e. The zero-order valence-corrected chi connectivity index (χ0v) is 19.3. The molecule has 0 amide bonds. The van der Waals surface area contributed by atoms with E-state index in [0.29, 0.717) is 16.0 Å². The maximum absolute atomic E-state index is 13.0. The number of benzene rings is 1. The first-order valence-corrected chi connectivity index (χ1v) is 12.1. The van der Waals surface area contributed by atoms with Crippen molar-refractivity contribution < 1.29 is 22.7 Å². The van der Waals surface area contributed by atoms with Gasteiger partial charge in [-0.2, -0.15) is 4.72 Å². The molecular weight excluding hydrogens is 463 g/mol. The Kier molecular flexibility index (Phi) is 7.66. The molecule has 33 heavy (non-hydrogen) atoms. The van der Waals surface area contributed by atoms with E-state index in [1.165, 1.54) is 30.3 Å². The summed E-state index contributed by atoms with van der Waals surface area (Å²) in [6.45, 7) is 5.46. The second kappa shape index (κ2) is 10.4. The van der Waals surface area contributed by atoms with Gasteiger partial charge in [0.05, 0.1) is 4.88 Å². The summed E-state index contributed by atoms with van der Waals surface area (Å²) in [4.78, 5) is 15.3. The Morgan fingerprint density at radius 1 is 1.27 bits per heavy atom. The zero-order chi connectivity index (χ0) is 24.0. The van der Waals surface area contributed by atoms with Crippen LogP contribution in [0.5, 0.6) is 0 Å². The van der Waals surface area contributed by atoms with Crippen LogP contribution in [0.3, 0.4) is 0 Å². The third-order valence-corrected chi connectivity index (χ3v) is 7.62. The molecule has 0 fully saturated rings. The predicted molar refractivity (Wildman–Crippen MR) is 127 cm³/mol. The number of halogens is 1. The van der Waals surface area contributed by atoms with Crippen molar-refractivity contribution in [2.24, 2.45) is 0 Å². The molecule has 0 aliphatic rings. The molecule has 1 unspecified atom stereocenters. The minimum atomic E-state index is -4.09. The first-order chi connectivity index (χ1) is 15.7. The Morgan fingerprint density at radius 2 is 2.00 bits per heavy atom. The van der Waals surface area contributed by atoms with E-state index in [2.05, 4.69) is 28.1 Å². The Hall–Kier alpha value is -3.45. The number of aromatic nitrogens is 1. The van der Waals surface area contributed by atoms with E-state index in [1.807, 2.05) is 6.92 Å². The Labute approximate surface area is 195 Å². The van der Waals surface area contributed by atoms with Gasteiger partial charge in [0.15, 0.2) is 0 Å². The normalized spacial score (nSPS) is 12.3. The predicted octanol–water partition coefficient (Wildman–Crippen LogP) is 4.10. The van der Waals surface area contributed by atoms with Crippen LogP contribution >= 0.6 is 11.3 Å². The maximum atomic E-state index is 13.0. The van der Waals surface area contributed by atoms with E-state index in [9.17, 15) is 22.7 Å². The van der Waals surface area contributed by atoms with Crippen molar-refractivity contribution in [3.63, 3.8) is 0 Å². The SMILES string of the molecule is C=C/C=C\c1c(CC(NS(=O)(=O)c2ccc(C#Cc3ccc(F)cc3)s2)C(=O)O)c[nH]c1C. The fourth-order valence-electron chi connectivity index (χ4n) is 3.00. The molecule has 3 rings (SSSR count). The molecule has 0 bridgehead atoms. The largest absolute Gasteiger partial charge is 0.480 e. The lowest BCUT2D eigenvalue weighted by atomic mass is 10.0. The summed E-state index contributed by atoms with van der Waals surface area (Å²) in [6, 6.07) is 7.17. The van der Waals surface area contributed by atoms with Crippen LogP contribution in [0, 0.1) is 24.6 Å². The molecule has 6 nitrogen and oxygen atoms in total. The van der Waals surface area contributed by atoms with E-state index in [1.54, 1.807) is 30.5 Å². The van der Waals surface area contributed by atoms with Crippen molar-refractivity contribution >= 4 is 33.4 Å². The van der Waals surface area contributed by atoms with Gasteiger partial charge < -0.3 is 10.1 Å². The second-order valence-electron chi connectivity index (χ2n) is 7.04. The number of rotatable bonds is 8. The average molecular weight is 485 g/mol. The van der Waals surface area contributed by atoms with Crippen LogP contribution in [0.2, 0.25) is 0 Å². The third-order valence-electron chi connectivity index (χ3n) is 4.65. The monoisotopic (exact) mass is 484 g/mol. The number of thiophene rings is 1. The summed E-state index contributed by atoms with van der Waals surface area (Å²) in [5.41, 5.74) is 2.87. The topological polar surface area (TPSA) is 99.3 Å². The molecule has 1 aromatic carbocycles. The van der Waals surface area contributed by atoms with Crippen LogP contribution in [-0.2, 0) is 21.2 Å². The number of allylic oxidation sites excluding steroid dienone is 2. The molecule has 0 spiro atoms. The molecule has 0 saturated carbocycles.